The molecule has 17 heteroatoms. The van der Waals surface area contributed by atoms with Gasteiger partial charge in [-0.3, -0.25) is 29.0 Å². The molecular formula is C28H31BrN6O8S2. The molecule has 0 aromatic carbocycles. The van der Waals surface area contributed by atoms with E-state index in [1.807, 2.05) is 0 Å². The van der Waals surface area contributed by atoms with E-state index in [2.05, 4.69) is 50.1 Å². The van der Waals surface area contributed by atoms with Gasteiger partial charge in [0.25, 0.3) is 0 Å². The van der Waals surface area contributed by atoms with E-state index in [0.29, 0.717) is 33.5 Å². The van der Waals surface area contributed by atoms with Crippen LogP contribution in [0.4, 0.5) is 11.4 Å². The minimum Gasteiger partial charge on any atom is -0.465 e. The normalized spacial score (nSPS) is 10.6. The lowest BCUT2D eigenvalue weighted by Crippen LogP contribution is -2.29. The van der Waals surface area contributed by atoms with Gasteiger partial charge in [0.1, 0.15) is 0 Å². The number of rotatable bonds is 9. The Morgan fingerprint density at radius 2 is 1.31 bits per heavy atom. The summed E-state index contributed by atoms with van der Waals surface area (Å²) in [5.41, 5.74) is 3.10. The van der Waals surface area contributed by atoms with Crippen LogP contribution in [0.2, 0.25) is 0 Å². The van der Waals surface area contributed by atoms with Crippen molar-refractivity contribution < 1.29 is 35.9 Å². The van der Waals surface area contributed by atoms with Gasteiger partial charge in [-0.15, -0.1) is 0 Å². The van der Waals surface area contributed by atoms with Crippen LogP contribution in [0, 0.1) is 0 Å². The number of methoxy groups -OCH3 is 2. The lowest BCUT2D eigenvalue weighted by molar-refractivity contribution is 0.0591. The van der Waals surface area contributed by atoms with Gasteiger partial charge in [0, 0.05) is 30.1 Å². The second kappa shape index (κ2) is 17.7. The fourth-order valence-corrected chi connectivity index (χ4v) is 4.92. The molecule has 0 saturated heterocycles. The van der Waals surface area contributed by atoms with Crippen molar-refractivity contribution in [3.05, 3.63) is 108 Å². The SMILES string of the molecule is COC(=O)c1ccc(CBr)nc1.COC(=O)c1ccc(CN(c2cccnc2)S(C)(=O)=O)nc1.CS(=O)(=O)Nc1cccnc1. The molecule has 0 aliphatic carbocycles. The first-order valence-corrected chi connectivity index (χ1v) is 17.5. The summed E-state index contributed by atoms with van der Waals surface area (Å²) >= 11 is 3.26. The number of nitrogens with one attached hydrogen (secondary N) is 1. The van der Waals surface area contributed by atoms with Crippen molar-refractivity contribution >= 4 is 59.3 Å². The number of esters is 2. The van der Waals surface area contributed by atoms with Gasteiger partial charge in [-0.2, -0.15) is 0 Å². The highest BCUT2D eigenvalue weighted by atomic mass is 79.9. The Morgan fingerprint density at radius 3 is 1.69 bits per heavy atom. The lowest BCUT2D eigenvalue weighted by Gasteiger charge is -2.21. The highest BCUT2D eigenvalue weighted by molar-refractivity contribution is 9.08. The van der Waals surface area contributed by atoms with Gasteiger partial charge in [0.05, 0.1) is 79.6 Å². The van der Waals surface area contributed by atoms with Crippen molar-refractivity contribution in [3.63, 3.8) is 0 Å². The summed E-state index contributed by atoms with van der Waals surface area (Å²) in [6.45, 7) is 0.0476. The Morgan fingerprint density at radius 1 is 0.778 bits per heavy atom. The number of carbonyl (C=O) groups excluding carboxylic acids is 2. The molecule has 0 aliphatic heterocycles. The Bertz CT molecular complexity index is 1730. The molecule has 240 valence electrons. The van der Waals surface area contributed by atoms with E-state index in [1.165, 1.54) is 49.4 Å². The number of aromatic nitrogens is 4. The van der Waals surface area contributed by atoms with E-state index < -0.39 is 26.0 Å². The zero-order chi connectivity index (χ0) is 33.5. The van der Waals surface area contributed by atoms with Gasteiger partial charge in [-0.05, 0) is 48.5 Å². The lowest BCUT2D eigenvalue weighted by atomic mass is 10.2. The Kier molecular flexibility index (Phi) is 14.5. The van der Waals surface area contributed by atoms with Crippen molar-refractivity contribution in [2.45, 2.75) is 11.9 Å². The second-order valence-corrected chi connectivity index (χ2v) is 13.0. The molecule has 0 bridgehead atoms. The molecule has 14 nitrogen and oxygen atoms in total. The van der Waals surface area contributed by atoms with Crippen LogP contribution in [-0.4, -0.2) is 75.4 Å². The summed E-state index contributed by atoms with van der Waals surface area (Å²) < 4.78 is 57.8. The second-order valence-electron chi connectivity index (χ2n) is 8.79. The van der Waals surface area contributed by atoms with Crippen molar-refractivity contribution in [1.82, 2.24) is 19.9 Å². The summed E-state index contributed by atoms with van der Waals surface area (Å²) in [6, 6.07) is 13.2. The zero-order valence-corrected chi connectivity index (χ0v) is 27.9. The van der Waals surface area contributed by atoms with Gasteiger partial charge >= 0.3 is 11.9 Å². The van der Waals surface area contributed by atoms with Crippen LogP contribution >= 0.6 is 15.9 Å². The minimum atomic E-state index is -3.49. The number of sulfonamides is 2. The van der Waals surface area contributed by atoms with E-state index in [0.717, 1.165) is 18.2 Å². The largest absolute Gasteiger partial charge is 0.465 e. The summed E-state index contributed by atoms with van der Waals surface area (Å²) in [5, 5.41) is 0.689. The van der Waals surface area contributed by atoms with E-state index in [-0.39, 0.29) is 12.5 Å². The molecular weight excluding hydrogens is 692 g/mol. The Hall–Kier alpha value is -4.48. The first-order valence-electron chi connectivity index (χ1n) is 12.7. The molecule has 0 fully saturated rings. The number of nitrogens with zero attached hydrogens (tertiary/aromatic N) is 5. The van der Waals surface area contributed by atoms with Crippen LogP contribution in [0.3, 0.4) is 0 Å². The average Bonchev–Trinajstić information content (AvgIpc) is 3.03. The van der Waals surface area contributed by atoms with Crippen LogP contribution in [-0.2, 0) is 41.4 Å². The van der Waals surface area contributed by atoms with Crippen LogP contribution in [0.5, 0.6) is 0 Å². The molecule has 0 aliphatic rings. The summed E-state index contributed by atoms with van der Waals surface area (Å²) in [4.78, 5) is 38.1. The fourth-order valence-electron chi connectivity index (χ4n) is 3.18. The van der Waals surface area contributed by atoms with E-state index in [4.69, 9.17) is 0 Å². The molecule has 0 atom stereocenters. The molecule has 4 aromatic rings. The minimum absolute atomic E-state index is 0.0476. The third kappa shape index (κ3) is 13.4. The van der Waals surface area contributed by atoms with Gasteiger partial charge < -0.3 is 9.47 Å². The number of hydrogen-bond donors (Lipinski definition) is 1. The van der Waals surface area contributed by atoms with Crippen LogP contribution in [0.1, 0.15) is 32.1 Å². The standard InChI is InChI=1S/C14H15N3O4S.C8H8BrNO2.C6H8N2O2S/c1-21-14(18)11-5-6-12(16-8-11)10-17(22(2,19)20)13-4-3-7-15-9-13;1-12-8(11)6-2-3-7(4-9)10-5-6;1-11(9,10)8-6-3-2-4-7-5-6/h3-9H,10H2,1-2H3;2-3,5H,4H2,1H3;2-5,8H,1H3. The number of pyridine rings is 4. The Labute approximate surface area is 270 Å². The van der Waals surface area contributed by atoms with Crippen LogP contribution in [0.25, 0.3) is 0 Å². The number of carbonyl (C=O) groups is 2. The molecule has 4 heterocycles. The van der Waals surface area contributed by atoms with Gasteiger partial charge in [-0.1, -0.05) is 15.9 Å². The summed E-state index contributed by atoms with van der Waals surface area (Å²) in [7, 11) is -4.02. The maximum absolute atomic E-state index is 12.0. The Balaban J connectivity index is 0.000000259. The zero-order valence-electron chi connectivity index (χ0n) is 24.7. The quantitative estimate of drug-likeness (QED) is 0.196. The van der Waals surface area contributed by atoms with Crippen LogP contribution in [0.15, 0.2) is 85.7 Å². The first kappa shape index (κ1) is 36.7. The highest BCUT2D eigenvalue weighted by Gasteiger charge is 2.19. The smallest absolute Gasteiger partial charge is 0.339 e. The number of anilines is 2. The van der Waals surface area contributed by atoms with Gasteiger partial charge in [0.15, 0.2) is 0 Å². The third-order valence-corrected chi connectivity index (χ3v) is 7.55. The molecule has 4 rings (SSSR count). The van der Waals surface area contributed by atoms with E-state index in [9.17, 15) is 26.4 Å². The summed E-state index contributed by atoms with van der Waals surface area (Å²) in [6.07, 6.45) is 11.1. The van der Waals surface area contributed by atoms with Crippen molar-refractivity contribution in [2.24, 2.45) is 0 Å². The van der Waals surface area contributed by atoms with E-state index in [1.54, 1.807) is 54.9 Å². The average molecular weight is 724 g/mol. The van der Waals surface area contributed by atoms with Crippen molar-refractivity contribution in [3.8, 4) is 0 Å². The monoisotopic (exact) mass is 722 g/mol. The molecule has 0 radical (unpaired) electrons. The molecule has 4 aromatic heterocycles. The topological polar surface area (TPSA) is 188 Å². The predicted octanol–water partition coefficient (Wildman–Crippen LogP) is 3.45. The molecule has 1 N–H and O–H groups in total. The van der Waals surface area contributed by atoms with Crippen molar-refractivity contribution in [2.75, 3.05) is 35.8 Å². The number of hydrogen-bond acceptors (Lipinski definition) is 12. The van der Waals surface area contributed by atoms with Crippen molar-refractivity contribution in [1.29, 1.82) is 0 Å². The molecule has 0 spiro atoms. The third-order valence-electron chi connectivity index (χ3n) is 5.23. The van der Waals surface area contributed by atoms with Gasteiger partial charge in [0.2, 0.25) is 20.0 Å². The molecule has 45 heavy (non-hydrogen) atoms. The molecule has 0 unspecified atom stereocenters. The van der Waals surface area contributed by atoms with Gasteiger partial charge in [-0.25, -0.2) is 26.4 Å². The first-order chi connectivity index (χ1) is 21.3. The fraction of sp³-hybridized carbons (Fsp3) is 0.214. The highest BCUT2D eigenvalue weighted by Crippen LogP contribution is 2.18. The predicted molar refractivity (Wildman–Crippen MR) is 172 cm³/mol. The number of alkyl halides is 1. The number of halogens is 1. The van der Waals surface area contributed by atoms with E-state index >= 15 is 0 Å². The molecule has 0 saturated carbocycles. The molecule has 0 amide bonds. The van der Waals surface area contributed by atoms with Crippen LogP contribution < -0.4 is 9.03 Å². The maximum Gasteiger partial charge on any atom is 0.339 e. The maximum atomic E-state index is 12.0. The summed E-state index contributed by atoms with van der Waals surface area (Å²) in [5.74, 6) is -0.852. The number of ether oxygens (including phenoxy) is 2.